The molecule has 5 nitrogen and oxygen atoms in total. The lowest BCUT2D eigenvalue weighted by atomic mass is 10.1. The second-order valence-corrected chi connectivity index (χ2v) is 4.80. The Balaban J connectivity index is 2.40. The van der Waals surface area contributed by atoms with Gasteiger partial charge in [-0.15, -0.1) is 0 Å². The molecule has 0 radical (unpaired) electrons. The summed E-state index contributed by atoms with van der Waals surface area (Å²) in [4.78, 5) is 11.3. The van der Waals surface area contributed by atoms with Gasteiger partial charge in [0.1, 0.15) is 0 Å². The zero-order chi connectivity index (χ0) is 15.7. The third-order valence-corrected chi connectivity index (χ3v) is 3.13. The second-order valence-electron chi connectivity index (χ2n) is 4.80. The molecule has 0 heterocycles. The number of hydrogen-bond acceptors (Lipinski definition) is 5. The first-order valence-corrected chi connectivity index (χ1v) is 7.20. The van der Waals surface area contributed by atoms with Crippen LogP contribution in [0.15, 0.2) is 18.2 Å². The fraction of sp³-hybridized carbons (Fsp3) is 0.562. The average Bonchev–Trinajstić information content (AvgIpc) is 2.47. The molecule has 0 amide bonds. The number of esters is 1. The van der Waals surface area contributed by atoms with Crippen LogP contribution in [0.4, 0.5) is 0 Å². The molecule has 1 atom stereocenters. The van der Waals surface area contributed by atoms with Crippen molar-refractivity contribution in [2.24, 2.45) is 0 Å². The van der Waals surface area contributed by atoms with Crippen LogP contribution in [-0.2, 0) is 16.0 Å². The van der Waals surface area contributed by atoms with Crippen molar-refractivity contribution < 1.29 is 19.0 Å². The van der Waals surface area contributed by atoms with Crippen LogP contribution in [0.5, 0.6) is 11.5 Å². The van der Waals surface area contributed by atoms with Gasteiger partial charge in [-0.05, 0) is 44.5 Å². The number of benzene rings is 1. The third kappa shape index (κ3) is 6.04. The fourth-order valence-electron chi connectivity index (χ4n) is 2.04. The van der Waals surface area contributed by atoms with Gasteiger partial charge in [0.05, 0.1) is 27.2 Å². The molecule has 21 heavy (non-hydrogen) atoms. The van der Waals surface area contributed by atoms with Crippen LogP contribution < -0.4 is 14.8 Å². The summed E-state index contributed by atoms with van der Waals surface area (Å²) in [7, 11) is 3.25. The van der Waals surface area contributed by atoms with Crippen LogP contribution in [0.3, 0.4) is 0 Å². The standard InChI is InChI=1S/C16H25NO4/c1-5-21-16(18)10-12(2)17-9-8-13-6-7-14(19-3)15(11-13)20-4/h6-7,11-12,17H,5,8-10H2,1-4H3. The molecular formula is C16H25NO4. The molecule has 5 heteroatoms. The molecule has 0 aliphatic heterocycles. The highest BCUT2D eigenvalue weighted by atomic mass is 16.5. The maximum absolute atomic E-state index is 11.3. The summed E-state index contributed by atoms with van der Waals surface area (Å²) in [5, 5.41) is 3.31. The molecule has 0 fully saturated rings. The van der Waals surface area contributed by atoms with Crippen molar-refractivity contribution in [1.82, 2.24) is 5.32 Å². The van der Waals surface area contributed by atoms with Crippen molar-refractivity contribution in [3.8, 4) is 11.5 Å². The number of rotatable bonds is 9. The van der Waals surface area contributed by atoms with Gasteiger partial charge >= 0.3 is 5.97 Å². The first kappa shape index (κ1) is 17.3. The van der Waals surface area contributed by atoms with Crippen molar-refractivity contribution in [2.75, 3.05) is 27.4 Å². The molecular weight excluding hydrogens is 270 g/mol. The van der Waals surface area contributed by atoms with Crippen LogP contribution in [0.25, 0.3) is 0 Å². The van der Waals surface area contributed by atoms with E-state index >= 15 is 0 Å². The Hall–Kier alpha value is -1.75. The average molecular weight is 295 g/mol. The molecule has 0 bridgehead atoms. The number of carbonyl (C=O) groups excluding carboxylic acids is 1. The molecule has 0 spiro atoms. The number of nitrogens with one attached hydrogen (secondary N) is 1. The van der Waals surface area contributed by atoms with Crippen LogP contribution in [0, 0.1) is 0 Å². The lowest BCUT2D eigenvalue weighted by Crippen LogP contribution is -2.30. The minimum Gasteiger partial charge on any atom is -0.493 e. The third-order valence-electron chi connectivity index (χ3n) is 3.13. The topological polar surface area (TPSA) is 56.8 Å². The van der Waals surface area contributed by atoms with Gasteiger partial charge in [-0.25, -0.2) is 0 Å². The second kappa shape index (κ2) is 9.23. The van der Waals surface area contributed by atoms with Gasteiger partial charge in [-0.2, -0.15) is 0 Å². The highest BCUT2D eigenvalue weighted by Crippen LogP contribution is 2.27. The van der Waals surface area contributed by atoms with Gasteiger partial charge in [-0.1, -0.05) is 6.07 Å². The summed E-state index contributed by atoms with van der Waals surface area (Å²) in [6, 6.07) is 5.98. The normalized spacial score (nSPS) is 11.8. The number of ether oxygens (including phenoxy) is 3. The SMILES string of the molecule is CCOC(=O)CC(C)NCCc1ccc(OC)c(OC)c1. The van der Waals surface area contributed by atoms with Gasteiger partial charge in [0.15, 0.2) is 11.5 Å². The van der Waals surface area contributed by atoms with E-state index in [0.717, 1.165) is 30.0 Å². The van der Waals surface area contributed by atoms with Gasteiger partial charge in [0.2, 0.25) is 0 Å². The Bertz CT molecular complexity index is 448. The fourth-order valence-corrected chi connectivity index (χ4v) is 2.04. The van der Waals surface area contributed by atoms with Gasteiger partial charge in [-0.3, -0.25) is 4.79 Å². The van der Waals surface area contributed by atoms with Crippen molar-refractivity contribution in [1.29, 1.82) is 0 Å². The highest BCUT2D eigenvalue weighted by Gasteiger charge is 2.09. The smallest absolute Gasteiger partial charge is 0.307 e. The lowest BCUT2D eigenvalue weighted by Gasteiger charge is -2.14. The molecule has 1 rings (SSSR count). The molecule has 0 aromatic heterocycles. The summed E-state index contributed by atoms with van der Waals surface area (Å²) in [6.07, 6.45) is 1.24. The van der Waals surface area contributed by atoms with Gasteiger partial charge in [0, 0.05) is 6.04 Å². The molecule has 1 N–H and O–H groups in total. The van der Waals surface area contributed by atoms with E-state index in [1.54, 1.807) is 14.2 Å². The molecule has 0 saturated carbocycles. The highest BCUT2D eigenvalue weighted by molar-refractivity contribution is 5.70. The minimum absolute atomic E-state index is 0.101. The Labute approximate surface area is 126 Å². The van der Waals surface area contributed by atoms with E-state index in [0.29, 0.717) is 13.0 Å². The predicted octanol–water partition coefficient (Wildman–Crippen LogP) is 2.18. The van der Waals surface area contributed by atoms with E-state index in [9.17, 15) is 4.79 Å². The van der Waals surface area contributed by atoms with Crippen molar-refractivity contribution in [3.05, 3.63) is 23.8 Å². The van der Waals surface area contributed by atoms with Crippen LogP contribution in [0.2, 0.25) is 0 Å². The van der Waals surface area contributed by atoms with E-state index in [4.69, 9.17) is 14.2 Å². The zero-order valence-corrected chi connectivity index (χ0v) is 13.3. The van der Waals surface area contributed by atoms with Gasteiger partial charge < -0.3 is 19.5 Å². The summed E-state index contributed by atoms with van der Waals surface area (Å²) < 4.78 is 15.4. The van der Waals surface area contributed by atoms with E-state index in [1.165, 1.54) is 0 Å². The summed E-state index contributed by atoms with van der Waals surface area (Å²) in [5.74, 6) is 1.29. The number of hydrogen-bond donors (Lipinski definition) is 1. The summed E-state index contributed by atoms with van der Waals surface area (Å²) in [5.41, 5.74) is 1.16. The zero-order valence-electron chi connectivity index (χ0n) is 13.3. The lowest BCUT2D eigenvalue weighted by molar-refractivity contribution is -0.143. The minimum atomic E-state index is -0.163. The Morgan fingerprint density at radius 2 is 1.95 bits per heavy atom. The Kier molecular flexibility index (Phi) is 7.61. The summed E-state index contributed by atoms with van der Waals surface area (Å²) >= 11 is 0. The largest absolute Gasteiger partial charge is 0.493 e. The van der Waals surface area contributed by atoms with E-state index in [1.807, 2.05) is 32.0 Å². The quantitative estimate of drug-likeness (QED) is 0.708. The monoisotopic (exact) mass is 295 g/mol. The van der Waals surface area contributed by atoms with Crippen LogP contribution in [-0.4, -0.2) is 39.4 Å². The van der Waals surface area contributed by atoms with Crippen molar-refractivity contribution in [3.63, 3.8) is 0 Å². The molecule has 1 aromatic rings. The maximum Gasteiger partial charge on any atom is 0.307 e. The Morgan fingerprint density at radius 3 is 2.57 bits per heavy atom. The molecule has 0 saturated heterocycles. The van der Waals surface area contributed by atoms with Crippen molar-refractivity contribution in [2.45, 2.75) is 32.7 Å². The first-order valence-electron chi connectivity index (χ1n) is 7.20. The molecule has 0 aliphatic rings. The Morgan fingerprint density at radius 1 is 1.24 bits per heavy atom. The molecule has 1 aromatic carbocycles. The van der Waals surface area contributed by atoms with E-state index in [2.05, 4.69) is 5.32 Å². The molecule has 0 aliphatic carbocycles. The molecule has 1 unspecified atom stereocenters. The predicted molar refractivity (Wildman–Crippen MR) is 82.0 cm³/mol. The first-order chi connectivity index (χ1) is 10.1. The number of methoxy groups -OCH3 is 2. The van der Waals surface area contributed by atoms with Gasteiger partial charge in [0.25, 0.3) is 0 Å². The van der Waals surface area contributed by atoms with Crippen LogP contribution >= 0.6 is 0 Å². The maximum atomic E-state index is 11.3. The van der Waals surface area contributed by atoms with E-state index < -0.39 is 0 Å². The van der Waals surface area contributed by atoms with Crippen molar-refractivity contribution >= 4 is 5.97 Å². The van der Waals surface area contributed by atoms with Crippen LogP contribution in [0.1, 0.15) is 25.8 Å². The number of carbonyl (C=O) groups is 1. The summed E-state index contributed by atoms with van der Waals surface area (Å²) in [6.45, 7) is 5.01. The van der Waals surface area contributed by atoms with E-state index in [-0.39, 0.29) is 12.0 Å². The molecule has 118 valence electrons.